The summed E-state index contributed by atoms with van der Waals surface area (Å²) in [5.41, 5.74) is 1.35. The average molecular weight is 354 g/mol. The zero-order valence-electron chi connectivity index (χ0n) is 11.4. The Morgan fingerprint density at radius 3 is 2.65 bits per heavy atom. The lowest BCUT2D eigenvalue weighted by Crippen LogP contribution is -2.22. The fourth-order valence-electron chi connectivity index (χ4n) is 1.83. The molecular formula is C14H16BrN3OS. The van der Waals surface area contributed by atoms with E-state index < -0.39 is 0 Å². The number of rotatable bonds is 5. The second-order valence-corrected chi connectivity index (χ2v) is 6.46. The Kier molecular flexibility index (Phi) is 5.14. The Morgan fingerprint density at radius 1 is 1.40 bits per heavy atom. The number of nitrogens with zero attached hydrogens (tertiary/aromatic N) is 2. The number of hydrogen-bond acceptors (Lipinski definition) is 4. The van der Waals surface area contributed by atoms with E-state index in [-0.39, 0.29) is 5.91 Å². The van der Waals surface area contributed by atoms with Gasteiger partial charge in [-0.05, 0) is 48.0 Å². The summed E-state index contributed by atoms with van der Waals surface area (Å²) >= 11 is 4.84. The highest BCUT2D eigenvalue weighted by Gasteiger charge is 2.09. The predicted molar refractivity (Wildman–Crippen MR) is 87.8 cm³/mol. The molecule has 0 aliphatic heterocycles. The third-order valence-electron chi connectivity index (χ3n) is 2.92. The van der Waals surface area contributed by atoms with Crippen LogP contribution in [0.25, 0.3) is 0 Å². The number of hydrogen-bond donors (Lipinski definition) is 1. The Hall–Kier alpha value is -1.40. The Bertz CT molecular complexity index is 578. The largest absolute Gasteiger partial charge is 0.357 e. The van der Waals surface area contributed by atoms with E-state index in [1.54, 1.807) is 12.3 Å². The van der Waals surface area contributed by atoms with Gasteiger partial charge in [0.2, 0.25) is 0 Å². The van der Waals surface area contributed by atoms with Gasteiger partial charge in [0.05, 0.1) is 21.2 Å². The number of carbonyl (C=O) groups is 1. The molecule has 2 aromatic heterocycles. The van der Waals surface area contributed by atoms with Crippen LogP contribution < -0.4 is 10.2 Å². The molecule has 0 fully saturated rings. The van der Waals surface area contributed by atoms with Crippen molar-refractivity contribution in [3.8, 4) is 0 Å². The van der Waals surface area contributed by atoms with Gasteiger partial charge in [0.25, 0.3) is 5.91 Å². The highest BCUT2D eigenvalue weighted by molar-refractivity contribution is 9.11. The summed E-state index contributed by atoms with van der Waals surface area (Å²) < 4.78 is 0.942. The van der Waals surface area contributed by atoms with E-state index in [4.69, 9.17) is 0 Å². The van der Waals surface area contributed by atoms with Crippen molar-refractivity contribution in [2.75, 3.05) is 23.3 Å². The van der Waals surface area contributed by atoms with Crippen molar-refractivity contribution >= 4 is 44.7 Å². The topological polar surface area (TPSA) is 45.2 Å². The minimum Gasteiger partial charge on any atom is -0.357 e. The van der Waals surface area contributed by atoms with Gasteiger partial charge in [0.15, 0.2) is 0 Å². The minimum atomic E-state index is -0.121. The Labute approximate surface area is 131 Å². The van der Waals surface area contributed by atoms with Crippen molar-refractivity contribution in [1.29, 1.82) is 0 Å². The van der Waals surface area contributed by atoms with Crippen molar-refractivity contribution in [2.45, 2.75) is 13.8 Å². The van der Waals surface area contributed by atoms with Crippen LogP contribution in [-0.4, -0.2) is 24.0 Å². The van der Waals surface area contributed by atoms with Crippen LogP contribution in [0.3, 0.4) is 0 Å². The standard InChI is InChI=1S/C14H16BrN3OS/c1-3-18(4-2)13-6-5-11(8-16-13)17-14(19)10-7-12(15)20-9-10/h5-9H,3-4H2,1-2H3,(H,17,19). The second kappa shape index (κ2) is 6.85. The molecule has 4 nitrogen and oxygen atoms in total. The molecule has 6 heteroatoms. The molecule has 1 N–H and O–H groups in total. The molecule has 0 aliphatic rings. The molecule has 0 spiro atoms. The number of anilines is 2. The molecule has 106 valence electrons. The summed E-state index contributed by atoms with van der Waals surface area (Å²) in [6.45, 7) is 6.01. The van der Waals surface area contributed by atoms with Gasteiger partial charge in [0, 0.05) is 18.5 Å². The lowest BCUT2D eigenvalue weighted by atomic mass is 10.3. The highest BCUT2D eigenvalue weighted by Crippen LogP contribution is 2.21. The number of nitrogens with one attached hydrogen (secondary N) is 1. The number of thiophene rings is 1. The second-order valence-electron chi connectivity index (χ2n) is 4.17. The zero-order valence-corrected chi connectivity index (χ0v) is 13.8. The maximum atomic E-state index is 12.0. The first-order valence-electron chi connectivity index (χ1n) is 6.40. The first-order chi connectivity index (χ1) is 9.63. The summed E-state index contributed by atoms with van der Waals surface area (Å²) in [4.78, 5) is 18.5. The molecule has 0 saturated carbocycles. The molecule has 2 rings (SSSR count). The third kappa shape index (κ3) is 3.58. The summed E-state index contributed by atoms with van der Waals surface area (Å²) in [6, 6.07) is 5.60. The molecule has 0 atom stereocenters. The molecule has 0 aromatic carbocycles. The summed E-state index contributed by atoms with van der Waals surface area (Å²) in [5.74, 6) is 0.801. The van der Waals surface area contributed by atoms with Crippen LogP contribution in [-0.2, 0) is 0 Å². The van der Waals surface area contributed by atoms with E-state index in [1.165, 1.54) is 11.3 Å². The van der Waals surface area contributed by atoms with Crippen molar-refractivity contribution in [1.82, 2.24) is 4.98 Å². The van der Waals surface area contributed by atoms with E-state index in [0.717, 1.165) is 22.7 Å². The Morgan fingerprint density at radius 2 is 2.15 bits per heavy atom. The number of aromatic nitrogens is 1. The van der Waals surface area contributed by atoms with Crippen LogP contribution in [0.4, 0.5) is 11.5 Å². The monoisotopic (exact) mass is 353 g/mol. The van der Waals surface area contributed by atoms with E-state index in [0.29, 0.717) is 11.3 Å². The number of pyridine rings is 1. The van der Waals surface area contributed by atoms with Crippen molar-refractivity contribution < 1.29 is 4.79 Å². The molecule has 2 aromatic rings. The van der Waals surface area contributed by atoms with Gasteiger partial charge in [-0.15, -0.1) is 11.3 Å². The fraction of sp³-hybridized carbons (Fsp3) is 0.286. The fourth-order valence-corrected chi connectivity index (χ4v) is 2.96. The molecule has 0 bridgehead atoms. The summed E-state index contributed by atoms with van der Waals surface area (Å²) in [7, 11) is 0. The maximum Gasteiger partial charge on any atom is 0.256 e. The molecule has 0 radical (unpaired) electrons. The van der Waals surface area contributed by atoms with Gasteiger partial charge in [-0.25, -0.2) is 4.98 Å². The van der Waals surface area contributed by atoms with Crippen molar-refractivity contribution in [3.05, 3.63) is 39.1 Å². The number of halogens is 1. The van der Waals surface area contributed by atoms with Gasteiger partial charge in [-0.1, -0.05) is 0 Å². The quantitative estimate of drug-likeness (QED) is 0.883. The van der Waals surface area contributed by atoms with Crippen LogP contribution in [0.5, 0.6) is 0 Å². The lowest BCUT2D eigenvalue weighted by Gasteiger charge is -2.19. The maximum absolute atomic E-state index is 12.0. The molecule has 2 heterocycles. The Balaban J connectivity index is 2.05. The van der Waals surface area contributed by atoms with Crippen LogP contribution in [0.15, 0.2) is 33.6 Å². The SMILES string of the molecule is CCN(CC)c1ccc(NC(=O)c2csc(Br)c2)cn1. The molecule has 0 unspecified atom stereocenters. The van der Waals surface area contributed by atoms with Crippen LogP contribution >= 0.6 is 27.3 Å². The lowest BCUT2D eigenvalue weighted by molar-refractivity contribution is 0.102. The molecule has 0 saturated heterocycles. The van der Waals surface area contributed by atoms with E-state index in [9.17, 15) is 4.79 Å². The molecule has 20 heavy (non-hydrogen) atoms. The van der Waals surface area contributed by atoms with Gasteiger partial charge >= 0.3 is 0 Å². The third-order valence-corrected chi connectivity index (χ3v) is 4.43. The molecular weight excluding hydrogens is 338 g/mol. The van der Waals surface area contributed by atoms with Crippen molar-refractivity contribution in [2.24, 2.45) is 0 Å². The van der Waals surface area contributed by atoms with Crippen LogP contribution in [0.2, 0.25) is 0 Å². The first-order valence-corrected chi connectivity index (χ1v) is 8.07. The van der Waals surface area contributed by atoms with Gasteiger partial charge in [0.1, 0.15) is 5.82 Å². The number of amides is 1. The molecule has 1 amide bonds. The van der Waals surface area contributed by atoms with E-state index in [2.05, 4.69) is 45.0 Å². The van der Waals surface area contributed by atoms with Gasteiger partial charge in [-0.2, -0.15) is 0 Å². The summed E-state index contributed by atoms with van der Waals surface area (Å²) in [6.07, 6.45) is 1.69. The summed E-state index contributed by atoms with van der Waals surface area (Å²) in [5, 5.41) is 4.66. The van der Waals surface area contributed by atoms with Gasteiger partial charge < -0.3 is 10.2 Å². The van der Waals surface area contributed by atoms with Crippen molar-refractivity contribution in [3.63, 3.8) is 0 Å². The molecule has 0 aliphatic carbocycles. The van der Waals surface area contributed by atoms with Crippen LogP contribution in [0.1, 0.15) is 24.2 Å². The number of carbonyl (C=O) groups excluding carboxylic acids is 1. The first kappa shape index (κ1) is 15.0. The van der Waals surface area contributed by atoms with E-state index in [1.807, 2.05) is 17.5 Å². The minimum absolute atomic E-state index is 0.121. The zero-order chi connectivity index (χ0) is 14.5. The average Bonchev–Trinajstić information content (AvgIpc) is 2.89. The highest BCUT2D eigenvalue weighted by atomic mass is 79.9. The normalized spacial score (nSPS) is 10.3. The van der Waals surface area contributed by atoms with E-state index >= 15 is 0 Å². The predicted octanol–water partition coefficient (Wildman–Crippen LogP) is 4.00. The van der Waals surface area contributed by atoms with Crippen LogP contribution in [0, 0.1) is 0 Å². The smallest absolute Gasteiger partial charge is 0.256 e. The van der Waals surface area contributed by atoms with Gasteiger partial charge in [-0.3, -0.25) is 4.79 Å².